The number of imidazole rings is 2. The predicted molar refractivity (Wildman–Crippen MR) is 384 cm³/mol. The first-order valence-electron chi connectivity index (χ1n) is 34.9. The highest BCUT2D eigenvalue weighted by molar-refractivity contribution is 5.88. The van der Waals surface area contributed by atoms with E-state index in [1.54, 1.807) is 4.90 Å². The van der Waals surface area contributed by atoms with Crippen LogP contribution in [0.15, 0.2) is 207 Å². The first-order valence-corrected chi connectivity index (χ1v) is 34.9. The molecule has 2 aliphatic heterocycles. The van der Waals surface area contributed by atoms with Crippen molar-refractivity contribution in [2.75, 3.05) is 34.0 Å². The van der Waals surface area contributed by atoms with Gasteiger partial charge < -0.3 is 60.0 Å². The Morgan fingerprint density at radius 2 is 0.882 bits per heavy atom. The van der Waals surface area contributed by atoms with Crippen LogP contribution in [0.2, 0.25) is 0 Å². The maximum absolute atomic E-state index is 14.9. The third-order valence-electron chi connectivity index (χ3n) is 20.9. The van der Waals surface area contributed by atoms with Gasteiger partial charge in [-0.3, -0.25) is 9.59 Å². The predicted octanol–water partition coefficient (Wildman–Crippen LogP) is 13.9. The number of rotatable bonds is 21. The van der Waals surface area contributed by atoms with Gasteiger partial charge in [-0.2, -0.15) is 0 Å². The molecule has 6 N–H and O–H groups in total. The van der Waals surface area contributed by atoms with Gasteiger partial charge in [0.1, 0.15) is 36.9 Å². The number of aromatic nitrogens is 4. The van der Waals surface area contributed by atoms with Crippen molar-refractivity contribution < 1.29 is 47.7 Å². The summed E-state index contributed by atoms with van der Waals surface area (Å²) in [6.07, 6.45) is 5.84. The van der Waals surface area contributed by atoms with E-state index in [0.29, 0.717) is 24.6 Å². The highest BCUT2D eigenvalue weighted by atomic mass is 16.6. The van der Waals surface area contributed by atoms with E-state index < -0.39 is 36.5 Å². The Morgan fingerprint density at radius 1 is 0.471 bits per heavy atom. The van der Waals surface area contributed by atoms with Gasteiger partial charge in [-0.1, -0.05) is 194 Å². The van der Waals surface area contributed by atoms with Gasteiger partial charge in [-0.05, 0) is 116 Å². The summed E-state index contributed by atoms with van der Waals surface area (Å²) in [7, 11) is 2.56. The standard InChI is InChI=1S/C82H78N10O10/c1-99-81(97)89-69(40-49-21-25-51(26-22-49)43-85-79(95)101-47-67-63-16-7-3-12-59(63)60-13-4-8-17-64(60)67)77(93)91-39-11-20-73(91)75-83-45-71(87-75)55-33-29-53(30-34-55)54-31-35-56(36-32-54)72-46-84-76(88-72)74-57-37-38-58(42-57)92(74)78(94)70(90-82(98)100-2)41-50-23-27-52(28-24-50)44-86-80(96)102-48-68-65-18-9-5-14-61(65)62-15-6-10-19-66(62)68/h3-10,12-19,21-36,45-46,57-58,67-70,73-74H,11,20,37-44,47-48H2,1-2H3,(H,83,87)(H,84,88)(H,85,95)(H,86,96)(H,89,97)(H,90,98)/t57-,58-,69-,70+,73-,74+/m0/s1. The van der Waals surface area contributed by atoms with E-state index in [0.717, 1.165) is 126 Å². The van der Waals surface area contributed by atoms with Gasteiger partial charge in [0, 0.05) is 73.9 Å². The number of piperidine rings is 1. The number of likely N-dealkylation sites (tertiary alicyclic amines) is 2. The van der Waals surface area contributed by atoms with Crippen LogP contribution in [0.3, 0.4) is 0 Å². The second-order valence-electron chi connectivity index (χ2n) is 26.9. The molecule has 8 aromatic carbocycles. The molecule has 1 saturated carbocycles. The second kappa shape index (κ2) is 29.2. The van der Waals surface area contributed by atoms with Gasteiger partial charge in [0.05, 0.1) is 37.7 Å². The number of methoxy groups -OCH3 is 2. The van der Waals surface area contributed by atoms with Crippen LogP contribution in [0.5, 0.6) is 0 Å². The first kappa shape index (κ1) is 66.1. The van der Waals surface area contributed by atoms with Gasteiger partial charge in [-0.25, -0.2) is 29.1 Å². The van der Waals surface area contributed by atoms with E-state index in [4.69, 9.17) is 28.9 Å². The number of hydrogen-bond donors (Lipinski definition) is 6. The molecule has 6 atom stereocenters. The molecule has 0 spiro atoms. The van der Waals surface area contributed by atoms with Crippen LogP contribution in [0.1, 0.15) is 112 Å². The van der Waals surface area contributed by atoms with Crippen LogP contribution in [-0.4, -0.2) is 118 Å². The Bertz CT molecular complexity index is 4660. The zero-order chi connectivity index (χ0) is 69.8. The lowest BCUT2D eigenvalue weighted by molar-refractivity contribution is -0.138. The molecule has 0 unspecified atom stereocenters. The smallest absolute Gasteiger partial charge is 0.407 e. The number of carbonyl (C=O) groups is 6. The Labute approximate surface area is 590 Å². The lowest BCUT2D eigenvalue weighted by Crippen LogP contribution is -2.52. The molecule has 10 aromatic rings. The van der Waals surface area contributed by atoms with Crippen molar-refractivity contribution in [1.82, 2.24) is 51.0 Å². The molecule has 3 fully saturated rings. The summed E-state index contributed by atoms with van der Waals surface area (Å²) in [6.45, 7) is 1.40. The van der Waals surface area contributed by atoms with Crippen molar-refractivity contribution >= 4 is 36.2 Å². The van der Waals surface area contributed by atoms with Crippen molar-refractivity contribution in [2.24, 2.45) is 5.92 Å². The van der Waals surface area contributed by atoms with Gasteiger partial charge in [0.15, 0.2) is 0 Å². The summed E-state index contributed by atoms with van der Waals surface area (Å²) in [6, 6.07) is 61.9. The molecule has 6 amide bonds. The van der Waals surface area contributed by atoms with E-state index in [1.165, 1.54) is 14.2 Å². The number of nitrogens with zero attached hydrogens (tertiary/aromatic N) is 4. The summed E-state index contributed by atoms with van der Waals surface area (Å²) in [5.74, 6) is 1.00. The van der Waals surface area contributed by atoms with E-state index >= 15 is 0 Å². The van der Waals surface area contributed by atoms with E-state index in [9.17, 15) is 28.8 Å². The van der Waals surface area contributed by atoms with E-state index in [-0.39, 0.29) is 86.8 Å². The molecular formula is C82H78N10O10. The van der Waals surface area contributed by atoms with Crippen LogP contribution in [0.4, 0.5) is 19.2 Å². The van der Waals surface area contributed by atoms with Crippen molar-refractivity contribution in [3.8, 4) is 55.9 Å². The topological polar surface area (TPSA) is 251 Å². The number of fused-ring (bicyclic) bond motifs is 8. The second-order valence-corrected chi connectivity index (χ2v) is 26.9. The number of benzene rings is 8. The lowest BCUT2D eigenvalue weighted by atomic mass is 9.96. The van der Waals surface area contributed by atoms with Crippen LogP contribution in [-0.2, 0) is 54.5 Å². The van der Waals surface area contributed by atoms with Gasteiger partial charge in [0.25, 0.3) is 0 Å². The fourth-order valence-corrected chi connectivity index (χ4v) is 15.8. The Morgan fingerprint density at radius 3 is 1.34 bits per heavy atom. The summed E-state index contributed by atoms with van der Waals surface area (Å²) >= 11 is 0. The van der Waals surface area contributed by atoms with Crippen LogP contribution in [0.25, 0.3) is 55.9 Å². The van der Waals surface area contributed by atoms with Crippen LogP contribution < -0.4 is 21.3 Å². The Kier molecular flexibility index (Phi) is 18.9. The molecule has 20 heteroatoms. The number of hydrogen-bond acceptors (Lipinski definition) is 12. The normalized spacial score (nSPS) is 17.5. The Balaban J connectivity index is 0.542. The monoisotopic (exact) mass is 1360 g/mol. The molecule has 5 aliphatic rings. The third kappa shape index (κ3) is 13.7. The number of amides is 6. The highest BCUT2D eigenvalue weighted by Crippen LogP contribution is 2.51. The van der Waals surface area contributed by atoms with Crippen LogP contribution in [0, 0.1) is 5.92 Å². The average molecular weight is 1360 g/mol. The van der Waals surface area contributed by atoms with Gasteiger partial charge in [0.2, 0.25) is 11.8 Å². The molecule has 4 heterocycles. The number of carbonyl (C=O) groups excluding carboxylic acids is 6. The van der Waals surface area contributed by atoms with E-state index in [2.05, 4.69) is 104 Å². The minimum Gasteiger partial charge on any atom is -0.453 e. The summed E-state index contributed by atoms with van der Waals surface area (Å²) < 4.78 is 21.5. The fourth-order valence-electron chi connectivity index (χ4n) is 15.8. The highest BCUT2D eigenvalue weighted by Gasteiger charge is 2.51. The molecule has 516 valence electrons. The van der Waals surface area contributed by atoms with E-state index in [1.807, 2.05) is 139 Å². The van der Waals surface area contributed by atoms with Crippen molar-refractivity contribution in [3.05, 3.63) is 263 Å². The van der Waals surface area contributed by atoms with Crippen molar-refractivity contribution in [3.63, 3.8) is 0 Å². The largest absolute Gasteiger partial charge is 0.453 e. The number of H-pyrrole nitrogens is 2. The van der Waals surface area contributed by atoms with Crippen LogP contribution >= 0.6 is 0 Å². The molecule has 15 rings (SSSR count). The van der Waals surface area contributed by atoms with Crippen molar-refractivity contribution in [1.29, 1.82) is 0 Å². The molecule has 3 aliphatic carbocycles. The summed E-state index contributed by atoms with van der Waals surface area (Å²) in [5, 5.41) is 11.4. The fraction of sp³-hybridized carbons (Fsp3) is 0.268. The third-order valence-corrected chi connectivity index (χ3v) is 20.9. The zero-order valence-electron chi connectivity index (χ0n) is 56.6. The summed E-state index contributed by atoms with van der Waals surface area (Å²) in [4.78, 5) is 102. The number of alkyl carbamates (subject to hydrolysis) is 4. The van der Waals surface area contributed by atoms with Gasteiger partial charge >= 0.3 is 24.4 Å². The molecular weight excluding hydrogens is 1280 g/mol. The molecule has 102 heavy (non-hydrogen) atoms. The number of aromatic amines is 2. The number of ether oxygens (including phenoxy) is 4. The lowest BCUT2D eigenvalue weighted by Gasteiger charge is -2.36. The van der Waals surface area contributed by atoms with Crippen molar-refractivity contribution in [2.45, 2.75) is 100 Å². The summed E-state index contributed by atoms with van der Waals surface area (Å²) in [5.41, 5.74) is 17.8. The molecule has 2 saturated heterocycles. The maximum Gasteiger partial charge on any atom is 0.407 e. The quantitative estimate of drug-likeness (QED) is 0.0368. The molecule has 2 bridgehead atoms. The number of nitrogens with one attached hydrogen (secondary N) is 6. The average Bonchev–Trinajstić information content (AvgIpc) is 1.61. The molecule has 0 radical (unpaired) electrons. The molecule has 20 nitrogen and oxygen atoms in total. The zero-order valence-corrected chi connectivity index (χ0v) is 56.6. The molecule has 2 aromatic heterocycles. The SMILES string of the molecule is COC(=O)N[C@@H](Cc1ccc(CNC(=O)OCC2c3ccccc3-c3ccccc32)cc1)C(=O)N1CCC[C@H]1c1nc(-c2ccc(-c3ccc(-c4c[nH]c([C@H]5[C@H]6CC[C@@H](C6)N5C(=O)[C@@H](Cc5ccc(CNC(=O)OCC6c7ccccc7-c7ccccc76)cc5)NC(=O)OC)n4)cc3)cc2)c[nH]1. The maximum atomic E-state index is 14.9. The minimum absolute atomic E-state index is 0.00670. The van der Waals surface area contributed by atoms with Gasteiger partial charge in [-0.15, -0.1) is 0 Å². The first-order chi connectivity index (χ1) is 49.9. The minimum atomic E-state index is -0.919. The Hall–Kier alpha value is -11.8.